The molecule has 8 heteroatoms. The van der Waals surface area contributed by atoms with E-state index in [9.17, 15) is 9.59 Å². The van der Waals surface area contributed by atoms with Crippen LogP contribution >= 0.6 is 11.8 Å². The summed E-state index contributed by atoms with van der Waals surface area (Å²) in [6.07, 6.45) is 0. The number of nitrogens with zero attached hydrogens (tertiary/aromatic N) is 4. The number of thioether (sulfide) groups is 1. The molecule has 4 rings (SSSR count). The number of hydrogen-bond acceptors (Lipinski definition) is 6. The van der Waals surface area contributed by atoms with Gasteiger partial charge in [0.05, 0.1) is 17.0 Å². The van der Waals surface area contributed by atoms with E-state index in [1.165, 1.54) is 18.7 Å². The fourth-order valence-corrected chi connectivity index (χ4v) is 3.69. The first-order chi connectivity index (χ1) is 13.5. The molecule has 1 N–H and O–H groups in total. The van der Waals surface area contributed by atoms with E-state index in [4.69, 9.17) is 0 Å². The monoisotopic (exact) mass is 391 g/mol. The Balaban J connectivity index is 1.59. The minimum absolute atomic E-state index is 0.0976. The number of carbonyl (C=O) groups excluding carboxylic acids is 2. The van der Waals surface area contributed by atoms with Crippen LogP contribution in [-0.2, 0) is 4.79 Å². The van der Waals surface area contributed by atoms with Crippen molar-refractivity contribution < 1.29 is 9.59 Å². The zero-order chi connectivity index (χ0) is 19.7. The Bertz CT molecular complexity index is 1220. The lowest BCUT2D eigenvalue weighted by Gasteiger charge is -2.09. The number of para-hydroxylation sites is 2. The summed E-state index contributed by atoms with van der Waals surface area (Å²) < 4.78 is 1.67. The number of ketones is 1. The second-order valence-corrected chi connectivity index (χ2v) is 7.19. The summed E-state index contributed by atoms with van der Waals surface area (Å²) in [5, 5.41) is 8.70. The third-order valence-electron chi connectivity index (χ3n) is 4.17. The number of rotatable bonds is 5. The summed E-state index contributed by atoms with van der Waals surface area (Å²) in [6.45, 7) is 3.30. The second kappa shape index (κ2) is 7.40. The Kier molecular flexibility index (Phi) is 4.79. The molecule has 7 nitrogen and oxygen atoms in total. The Morgan fingerprint density at radius 3 is 2.64 bits per heavy atom. The topological polar surface area (TPSA) is 89.2 Å². The van der Waals surface area contributed by atoms with Crippen LogP contribution in [0.3, 0.4) is 0 Å². The zero-order valence-corrected chi connectivity index (χ0v) is 16.2. The highest BCUT2D eigenvalue weighted by Crippen LogP contribution is 2.24. The molecule has 4 aromatic rings. The van der Waals surface area contributed by atoms with Crippen molar-refractivity contribution in [1.29, 1.82) is 0 Å². The van der Waals surface area contributed by atoms with Gasteiger partial charge in [0.2, 0.25) is 5.91 Å². The highest BCUT2D eigenvalue weighted by atomic mass is 32.2. The van der Waals surface area contributed by atoms with Crippen LogP contribution in [0.4, 0.5) is 5.69 Å². The van der Waals surface area contributed by atoms with Crippen LogP contribution in [0.5, 0.6) is 0 Å². The Morgan fingerprint density at radius 2 is 1.82 bits per heavy atom. The van der Waals surface area contributed by atoms with Gasteiger partial charge in [-0.3, -0.25) is 9.59 Å². The van der Waals surface area contributed by atoms with Gasteiger partial charge in [-0.1, -0.05) is 36.0 Å². The van der Waals surface area contributed by atoms with Crippen LogP contribution < -0.4 is 5.32 Å². The lowest BCUT2D eigenvalue weighted by Crippen LogP contribution is -2.16. The van der Waals surface area contributed by atoms with Gasteiger partial charge >= 0.3 is 0 Å². The lowest BCUT2D eigenvalue weighted by molar-refractivity contribution is -0.113. The number of nitrogens with one attached hydrogen (secondary N) is 1. The van der Waals surface area contributed by atoms with E-state index in [1.807, 2.05) is 31.2 Å². The molecular formula is C20H17N5O2S. The predicted octanol–water partition coefficient (Wildman–Crippen LogP) is 3.52. The van der Waals surface area contributed by atoms with Crippen molar-refractivity contribution in [3.8, 4) is 0 Å². The molecule has 0 unspecified atom stereocenters. The normalized spacial score (nSPS) is 11.1. The van der Waals surface area contributed by atoms with Gasteiger partial charge in [-0.15, -0.1) is 5.10 Å². The van der Waals surface area contributed by atoms with Crippen molar-refractivity contribution in [2.24, 2.45) is 0 Å². The molecule has 0 saturated carbocycles. The molecule has 0 aliphatic rings. The first kappa shape index (κ1) is 18.1. The van der Waals surface area contributed by atoms with Crippen LogP contribution in [0.1, 0.15) is 23.1 Å². The van der Waals surface area contributed by atoms with Crippen molar-refractivity contribution in [1.82, 2.24) is 19.6 Å². The smallest absolute Gasteiger partial charge is 0.234 e. The van der Waals surface area contributed by atoms with Gasteiger partial charge in [0.1, 0.15) is 5.82 Å². The molecule has 0 aliphatic heterocycles. The van der Waals surface area contributed by atoms with Crippen LogP contribution in [0, 0.1) is 6.92 Å². The molecule has 0 fully saturated rings. The minimum Gasteiger partial charge on any atom is -0.325 e. The number of aryl methyl sites for hydroxylation is 1. The maximum absolute atomic E-state index is 12.4. The van der Waals surface area contributed by atoms with Crippen molar-refractivity contribution in [3.63, 3.8) is 0 Å². The molecule has 0 aliphatic carbocycles. The molecule has 0 radical (unpaired) electrons. The average Bonchev–Trinajstić information content (AvgIpc) is 3.08. The van der Waals surface area contributed by atoms with Crippen LogP contribution in [-0.4, -0.2) is 37.0 Å². The number of hydrogen-bond donors (Lipinski definition) is 1. The lowest BCUT2D eigenvalue weighted by atomic mass is 10.1. The van der Waals surface area contributed by atoms with Crippen molar-refractivity contribution in [3.05, 3.63) is 59.9 Å². The Morgan fingerprint density at radius 1 is 1.07 bits per heavy atom. The highest BCUT2D eigenvalue weighted by Gasteiger charge is 2.15. The highest BCUT2D eigenvalue weighted by molar-refractivity contribution is 7.99. The molecule has 2 aromatic heterocycles. The van der Waals surface area contributed by atoms with Gasteiger partial charge in [-0.25, -0.2) is 9.97 Å². The fourth-order valence-electron chi connectivity index (χ4n) is 2.94. The molecule has 28 heavy (non-hydrogen) atoms. The summed E-state index contributed by atoms with van der Waals surface area (Å²) in [4.78, 5) is 33.3. The van der Waals surface area contributed by atoms with E-state index in [2.05, 4.69) is 20.4 Å². The molecule has 1 amide bonds. The third kappa shape index (κ3) is 3.46. The molecule has 2 aromatic carbocycles. The molecular weight excluding hydrogens is 374 g/mol. The number of benzene rings is 2. The van der Waals surface area contributed by atoms with Crippen molar-refractivity contribution in [2.45, 2.75) is 19.0 Å². The standard InChI is InChI=1S/C20H17N5O2S/c1-12(26)14-7-3-5-9-16(14)22-18(27)11-28-20-23-17-10-6-4-8-15(17)19-21-13(2)24-25(19)20/h3-10H,11H2,1-2H3,(H,22,27). The first-order valence-corrected chi connectivity index (χ1v) is 9.66. The van der Waals surface area contributed by atoms with Crippen LogP contribution in [0.25, 0.3) is 16.6 Å². The zero-order valence-electron chi connectivity index (χ0n) is 15.3. The van der Waals surface area contributed by atoms with Gasteiger partial charge in [0.15, 0.2) is 16.6 Å². The Hall–Kier alpha value is -3.26. The van der Waals surface area contributed by atoms with E-state index >= 15 is 0 Å². The summed E-state index contributed by atoms with van der Waals surface area (Å²) in [5.74, 6) is 0.448. The summed E-state index contributed by atoms with van der Waals surface area (Å²) in [6, 6.07) is 14.7. The van der Waals surface area contributed by atoms with Crippen LogP contribution in [0.2, 0.25) is 0 Å². The first-order valence-electron chi connectivity index (χ1n) is 8.67. The third-order valence-corrected chi connectivity index (χ3v) is 5.10. The maximum atomic E-state index is 12.4. The molecule has 0 saturated heterocycles. The predicted molar refractivity (Wildman–Crippen MR) is 109 cm³/mol. The van der Waals surface area contributed by atoms with Gasteiger partial charge < -0.3 is 5.32 Å². The van der Waals surface area contributed by atoms with Crippen LogP contribution in [0.15, 0.2) is 53.7 Å². The van der Waals surface area contributed by atoms with E-state index in [1.54, 1.807) is 28.8 Å². The molecule has 0 spiro atoms. The number of carbonyl (C=O) groups is 2. The fraction of sp³-hybridized carbons (Fsp3) is 0.150. The quantitative estimate of drug-likeness (QED) is 0.318. The Labute approximate surface area is 165 Å². The van der Waals surface area contributed by atoms with E-state index < -0.39 is 0 Å². The van der Waals surface area contributed by atoms with Crippen molar-refractivity contribution >= 4 is 45.7 Å². The summed E-state index contributed by atoms with van der Waals surface area (Å²) in [7, 11) is 0. The van der Waals surface area contributed by atoms with Gasteiger partial charge in [-0.05, 0) is 38.1 Å². The van der Waals surface area contributed by atoms with Crippen molar-refractivity contribution in [2.75, 3.05) is 11.1 Å². The molecule has 0 atom stereocenters. The SMILES string of the molecule is CC(=O)c1ccccc1NC(=O)CSc1nc2ccccc2c2nc(C)nn12. The van der Waals surface area contributed by atoms with Gasteiger partial charge in [0.25, 0.3) is 0 Å². The number of fused-ring (bicyclic) bond motifs is 3. The summed E-state index contributed by atoms with van der Waals surface area (Å²) >= 11 is 1.27. The molecule has 0 bridgehead atoms. The molecule has 2 heterocycles. The number of aromatic nitrogens is 4. The second-order valence-electron chi connectivity index (χ2n) is 6.24. The van der Waals surface area contributed by atoms with Gasteiger partial charge in [-0.2, -0.15) is 4.52 Å². The maximum Gasteiger partial charge on any atom is 0.234 e. The van der Waals surface area contributed by atoms with E-state index in [0.717, 1.165) is 10.9 Å². The van der Waals surface area contributed by atoms with Gasteiger partial charge in [0, 0.05) is 10.9 Å². The largest absolute Gasteiger partial charge is 0.325 e. The molecule has 140 valence electrons. The van der Waals surface area contributed by atoms with E-state index in [-0.39, 0.29) is 17.4 Å². The number of amides is 1. The number of anilines is 1. The van der Waals surface area contributed by atoms with E-state index in [0.29, 0.717) is 27.9 Å². The minimum atomic E-state index is -0.223. The number of Topliss-reactive ketones (excluding diaryl/α,β-unsaturated/α-hetero) is 1. The average molecular weight is 391 g/mol. The summed E-state index contributed by atoms with van der Waals surface area (Å²) in [5.41, 5.74) is 2.51.